The van der Waals surface area contributed by atoms with E-state index in [-0.39, 0.29) is 36.2 Å². The lowest BCUT2D eigenvalue weighted by molar-refractivity contribution is -0.152. The fourth-order valence-electron chi connectivity index (χ4n) is 5.17. The number of hydrogen-bond donors (Lipinski definition) is 1. The highest BCUT2D eigenvalue weighted by Gasteiger charge is 2.65. The Morgan fingerprint density at radius 3 is 2.74 bits per heavy atom. The summed E-state index contributed by atoms with van der Waals surface area (Å²) in [7, 11) is 0. The minimum absolute atomic E-state index is 0.00648. The molecule has 138 valence electrons. The Kier molecular flexibility index (Phi) is 3.63. The lowest BCUT2D eigenvalue weighted by Gasteiger charge is -2.43. The van der Waals surface area contributed by atoms with Crippen LogP contribution in [0.5, 0.6) is 5.75 Å². The van der Waals surface area contributed by atoms with E-state index in [4.69, 9.17) is 4.74 Å². The number of nitrogens with zero attached hydrogens (tertiary/aromatic N) is 1. The highest BCUT2D eigenvalue weighted by molar-refractivity contribution is 9.10. The zero-order valence-corrected chi connectivity index (χ0v) is 16.4. The monoisotopic (exact) mass is 426 g/mol. The number of fused-ring (bicyclic) bond motifs is 5. The standard InChI is InChI=1S/C21H19BrN2O3/c1-21-18(12-5-3-2-4-6-12)15-11-27-16-8-7-13(22)9-14(16)19(15)24(21)17(25)10-23-20(21)26/h2-9,15,18-19H,10-11H2,1H3,(H,23,26)/t15-,18+,19-,21-/m1/s1. The van der Waals surface area contributed by atoms with Crippen molar-refractivity contribution in [2.45, 2.75) is 24.4 Å². The number of amides is 2. The average Bonchev–Trinajstić information content (AvgIpc) is 2.96. The fraction of sp³-hybridized carbons (Fsp3) is 0.333. The maximum absolute atomic E-state index is 13.1. The van der Waals surface area contributed by atoms with E-state index >= 15 is 0 Å². The first-order valence-electron chi connectivity index (χ1n) is 9.09. The smallest absolute Gasteiger partial charge is 0.246 e. The van der Waals surface area contributed by atoms with Gasteiger partial charge in [-0.2, -0.15) is 0 Å². The van der Waals surface area contributed by atoms with Crippen LogP contribution in [0, 0.1) is 5.92 Å². The van der Waals surface area contributed by atoms with Crippen LogP contribution < -0.4 is 10.1 Å². The molecule has 0 aliphatic carbocycles. The number of nitrogens with one attached hydrogen (secondary N) is 1. The molecule has 2 aromatic rings. The van der Waals surface area contributed by atoms with Crippen LogP contribution >= 0.6 is 15.9 Å². The highest BCUT2D eigenvalue weighted by Crippen LogP contribution is 2.59. The summed E-state index contributed by atoms with van der Waals surface area (Å²) in [4.78, 5) is 27.9. The second-order valence-electron chi connectivity index (χ2n) is 7.58. The Morgan fingerprint density at radius 2 is 1.96 bits per heavy atom. The number of piperazine rings is 1. The Balaban J connectivity index is 1.75. The summed E-state index contributed by atoms with van der Waals surface area (Å²) in [6.45, 7) is 2.42. The van der Waals surface area contributed by atoms with Crippen molar-refractivity contribution >= 4 is 27.7 Å². The molecule has 2 saturated heterocycles. The van der Waals surface area contributed by atoms with Gasteiger partial charge in [0.25, 0.3) is 0 Å². The first-order valence-corrected chi connectivity index (χ1v) is 9.89. The number of ether oxygens (including phenoxy) is 1. The highest BCUT2D eigenvalue weighted by atomic mass is 79.9. The predicted molar refractivity (Wildman–Crippen MR) is 103 cm³/mol. The number of rotatable bonds is 1. The summed E-state index contributed by atoms with van der Waals surface area (Å²) in [5.41, 5.74) is 1.08. The van der Waals surface area contributed by atoms with Gasteiger partial charge < -0.3 is 15.0 Å². The van der Waals surface area contributed by atoms with Gasteiger partial charge in [-0.25, -0.2) is 0 Å². The molecule has 5 nitrogen and oxygen atoms in total. The van der Waals surface area contributed by atoms with Crippen molar-refractivity contribution in [1.82, 2.24) is 10.2 Å². The van der Waals surface area contributed by atoms with Crippen LogP contribution in [0.3, 0.4) is 0 Å². The van der Waals surface area contributed by atoms with Gasteiger partial charge in [-0.05, 0) is 30.7 Å². The van der Waals surface area contributed by atoms with Crippen molar-refractivity contribution in [3.05, 3.63) is 64.1 Å². The molecule has 5 rings (SSSR count). The molecule has 6 heteroatoms. The molecule has 3 aliphatic heterocycles. The number of halogens is 1. The molecule has 2 amide bonds. The molecule has 3 heterocycles. The number of carbonyl (C=O) groups excluding carboxylic acids is 2. The Labute approximate surface area is 165 Å². The van der Waals surface area contributed by atoms with Crippen LogP contribution in [0.25, 0.3) is 0 Å². The van der Waals surface area contributed by atoms with Crippen LogP contribution in [0.4, 0.5) is 0 Å². The molecule has 0 bridgehead atoms. The molecule has 0 aromatic heterocycles. The summed E-state index contributed by atoms with van der Waals surface area (Å²) in [5.74, 6) is 0.515. The van der Waals surface area contributed by atoms with E-state index in [0.29, 0.717) is 6.61 Å². The second-order valence-corrected chi connectivity index (χ2v) is 8.50. The van der Waals surface area contributed by atoms with Gasteiger partial charge >= 0.3 is 0 Å². The van der Waals surface area contributed by atoms with Crippen LogP contribution in [-0.4, -0.2) is 35.4 Å². The van der Waals surface area contributed by atoms with E-state index in [0.717, 1.165) is 21.3 Å². The normalized spacial score (nSPS) is 31.5. The van der Waals surface area contributed by atoms with Crippen molar-refractivity contribution in [2.75, 3.05) is 13.2 Å². The van der Waals surface area contributed by atoms with E-state index in [1.807, 2.05) is 60.4 Å². The van der Waals surface area contributed by atoms with Crippen LogP contribution in [0.15, 0.2) is 53.0 Å². The molecule has 0 spiro atoms. The van der Waals surface area contributed by atoms with Crippen molar-refractivity contribution in [1.29, 1.82) is 0 Å². The maximum atomic E-state index is 13.1. The van der Waals surface area contributed by atoms with E-state index in [1.165, 1.54) is 0 Å². The molecule has 0 unspecified atom stereocenters. The van der Waals surface area contributed by atoms with E-state index in [2.05, 4.69) is 21.2 Å². The summed E-state index contributed by atoms with van der Waals surface area (Å²) < 4.78 is 7.01. The third-order valence-electron chi connectivity index (χ3n) is 6.23. The minimum atomic E-state index is -0.945. The van der Waals surface area contributed by atoms with E-state index in [1.54, 1.807) is 0 Å². The Bertz CT molecular complexity index is 948. The zero-order chi connectivity index (χ0) is 18.8. The van der Waals surface area contributed by atoms with Crippen molar-refractivity contribution in [3.63, 3.8) is 0 Å². The Morgan fingerprint density at radius 1 is 1.19 bits per heavy atom. The summed E-state index contributed by atoms with van der Waals surface area (Å²) in [6.07, 6.45) is 0. The number of hydrogen-bond acceptors (Lipinski definition) is 3. The Hall–Kier alpha value is -2.34. The molecular weight excluding hydrogens is 408 g/mol. The molecular formula is C21H19BrN2O3. The van der Waals surface area contributed by atoms with Gasteiger partial charge in [0.2, 0.25) is 11.8 Å². The summed E-state index contributed by atoms with van der Waals surface area (Å²) in [5, 5.41) is 2.81. The zero-order valence-electron chi connectivity index (χ0n) is 14.8. The third-order valence-corrected chi connectivity index (χ3v) is 6.72. The molecule has 2 aromatic carbocycles. The molecule has 27 heavy (non-hydrogen) atoms. The predicted octanol–water partition coefficient (Wildman–Crippen LogP) is 3.01. The molecule has 2 fully saturated rings. The second kappa shape index (κ2) is 5.83. The van der Waals surface area contributed by atoms with Gasteiger partial charge in [0, 0.05) is 21.9 Å². The molecule has 1 N–H and O–H groups in total. The SMILES string of the molecule is C[C@@]12C(=O)NCC(=O)N1[C@@H]1c3cc(Br)ccc3OC[C@@H]1[C@@H]2c1ccccc1. The first-order chi connectivity index (χ1) is 13.0. The lowest BCUT2D eigenvalue weighted by Crippen LogP contribution is -2.64. The first kappa shape index (κ1) is 16.8. The lowest BCUT2D eigenvalue weighted by atomic mass is 9.73. The molecule has 0 radical (unpaired) electrons. The van der Waals surface area contributed by atoms with Gasteiger partial charge in [0.15, 0.2) is 0 Å². The van der Waals surface area contributed by atoms with Crippen LogP contribution in [0.2, 0.25) is 0 Å². The van der Waals surface area contributed by atoms with Crippen LogP contribution in [-0.2, 0) is 9.59 Å². The van der Waals surface area contributed by atoms with Crippen molar-refractivity contribution < 1.29 is 14.3 Å². The quantitative estimate of drug-likeness (QED) is 0.762. The summed E-state index contributed by atoms with van der Waals surface area (Å²) in [6, 6.07) is 15.7. The number of carbonyl (C=O) groups is 2. The van der Waals surface area contributed by atoms with Gasteiger partial charge in [-0.3, -0.25) is 9.59 Å². The molecule has 3 aliphatic rings. The van der Waals surface area contributed by atoms with E-state index in [9.17, 15) is 9.59 Å². The van der Waals surface area contributed by atoms with Crippen molar-refractivity contribution in [3.8, 4) is 5.75 Å². The van der Waals surface area contributed by atoms with E-state index < -0.39 is 5.54 Å². The topological polar surface area (TPSA) is 58.6 Å². The number of benzene rings is 2. The van der Waals surface area contributed by atoms with Gasteiger partial charge in [-0.15, -0.1) is 0 Å². The van der Waals surface area contributed by atoms with Gasteiger partial charge in [-0.1, -0.05) is 46.3 Å². The third kappa shape index (κ3) is 2.22. The van der Waals surface area contributed by atoms with Gasteiger partial charge in [0.05, 0.1) is 19.2 Å². The van der Waals surface area contributed by atoms with Crippen LogP contribution in [0.1, 0.15) is 30.0 Å². The van der Waals surface area contributed by atoms with Crippen molar-refractivity contribution in [2.24, 2.45) is 5.92 Å². The van der Waals surface area contributed by atoms with Gasteiger partial charge in [0.1, 0.15) is 11.3 Å². The minimum Gasteiger partial charge on any atom is -0.493 e. The average molecular weight is 427 g/mol. The molecule has 0 saturated carbocycles. The fourth-order valence-corrected chi connectivity index (χ4v) is 5.55. The molecule has 4 atom stereocenters. The summed E-state index contributed by atoms with van der Waals surface area (Å²) >= 11 is 3.54. The largest absolute Gasteiger partial charge is 0.493 e. The maximum Gasteiger partial charge on any atom is 0.246 e.